The molecule has 28 heavy (non-hydrogen) atoms. The number of rotatable bonds is 4. The van der Waals surface area contributed by atoms with Gasteiger partial charge in [0.25, 0.3) is 0 Å². The quantitative estimate of drug-likeness (QED) is 0.200. The molecule has 0 aromatic rings. The van der Waals surface area contributed by atoms with Crippen LogP contribution in [0.1, 0.15) is 27.7 Å². The Balaban J connectivity index is -0.000000138. The van der Waals surface area contributed by atoms with E-state index in [2.05, 4.69) is 41.9 Å². The minimum absolute atomic E-state index is 0. The fraction of sp³-hybridized carbons (Fsp3) is 0.471. The summed E-state index contributed by atoms with van der Waals surface area (Å²) < 4.78 is 0. The molecule has 163 valence electrons. The van der Waals surface area contributed by atoms with Crippen molar-refractivity contribution < 1.29 is 27.2 Å². The minimum Gasteiger partial charge on any atom is -0.687 e. The van der Waals surface area contributed by atoms with Crippen LogP contribution in [0.4, 0.5) is 0 Å². The first-order valence-corrected chi connectivity index (χ1v) is 11.8. The molecule has 0 bridgehead atoms. The van der Waals surface area contributed by atoms with E-state index in [0.717, 1.165) is 6.54 Å². The maximum atomic E-state index is 9.65. The van der Waals surface area contributed by atoms with Crippen molar-refractivity contribution in [1.82, 2.24) is 11.0 Å². The predicted octanol–water partition coefficient (Wildman–Crippen LogP) is 5.10. The summed E-state index contributed by atoms with van der Waals surface area (Å²) in [6.07, 6.45) is 7.73. The van der Waals surface area contributed by atoms with Crippen molar-refractivity contribution in [1.29, 1.82) is 0 Å². The summed E-state index contributed by atoms with van der Waals surface area (Å²) in [5, 5.41) is 25.3. The van der Waals surface area contributed by atoms with E-state index in [4.69, 9.17) is 10.4 Å². The van der Waals surface area contributed by atoms with Crippen LogP contribution in [0.3, 0.4) is 0 Å². The molecule has 0 spiro atoms. The SMILES string of the molecule is C1=CC[N-]C=C1.CC(N=O)=C(C)NO.CC(N=O)=C(C)NO.[CH2-][Si](C)(C)C.[Co+2]. The molecule has 0 aromatic heterocycles. The normalized spacial score (nSPS) is 12.9. The van der Waals surface area contributed by atoms with Crippen LogP contribution in [-0.4, -0.2) is 25.0 Å². The molecule has 0 atom stereocenters. The molecule has 4 N–H and O–H groups in total. The van der Waals surface area contributed by atoms with Crippen molar-refractivity contribution in [2.75, 3.05) is 6.54 Å². The number of nitrogens with one attached hydrogen (secondary N) is 2. The summed E-state index contributed by atoms with van der Waals surface area (Å²) in [5.41, 5.74) is 4.87. The van der Waals surface area contributed by atoms with Gasteiger partial charge >= 0.3 is 16.8 Å². The second-order valence-electron chi connectivity index (χ2n) is 6.52. The molecule has 0 unspecified atom stereocenters. The molecule has 1 heterocycles. The van der Waals surface area contributed by atoms with Gasteiger partial charge in [-0.2, -0.15) is 6.20 Å². The molecule has 0 aromatic carbocycles. The Hall–Kier alpha value is -1.80. The van der Waals surface area contributed by atoms with E-state index < -0.39 is 8.07 Å². The Kier molecular flexibility index (Phi) is 25.9. The first-order chi connectivity index (χ1) is 12.4. The zero-order valence-electron chi connectivity index (χ0n) is 17.6. The van der Waals surface area contributed by atoms with Crippen LogP contribution in [0, 0.1) is 16.4 Å². The van der Waals surface area contributed by atoms with Crippen LogP contribution < -0.4 is 11.0 Å². The molecule has 0 saturated carbocycles. The molecule has 1 rings (SSSR count). The third-order valence-corrected chi connectivity index (χ3v) is 2.34. The Labute approximate surface area is 179 Å². The number of hydrogen-bond donors (Lipinski definition) is 4. The van der Waals surface area contributed by atoms with Gasteiger partial charge in [0.05, 0.1) is 11.4 Å². The van der Waals surface area contributed by atoms with Gasteiger partial charge in [-0.3, -0.25) is 21.4 Å². The van der Waals surface area contributed by atoms with Gasteiger partial charge in [-0.25, -0.2) is 0 Å². The first kappa shape index (κ1) is 33.8. The van der Waals surface area contributed by atoms with Crippen molar-refractivity contribution in [3.8, 4) is 0 Å². The molecule has 0 amide bonds. The topological polar surface area (TPSA) is 137 Å². The summed E-state index contributed by atoms with van der Waals surface area (Å²) >= 11 is 0. The van der Waals surface area contributed by atoms with Crippen molar-refractivity contribution in [2.24, 2.45) is 10.4 Å². The Morgan fingerprint density at radius 1 is 0.964 bits per heavy atom. The van der Waals surface area contributed by atoms with Crippen LogP contribution in [0.15, 0.2) is 57.6 Å². The van der Waals surface area contributed by atoms with Crippen molar-refractivity contribution in [2.45, 2.75) is 47.3 Å². The molecule has 1 radical (unpaired) electrons. The molecule has 0 saturated heterocycles. The van der Waals surface area contributed by atoms with Gasteiger partial charge in [0.1, 0.15) is 11.4 Å². The molecule has 11 heteroatoms. The van der Waals surface area contributed by atoms with Crippen LogP contribution in [0.2, 0.25) is 19.6 Å². The number of hydroxylamine groups is 2. The predicted molar refractivity (Wildman–Crippen MR) is 113 cm³/mol. The van der Waals surface area contributed by atoms with Crippen LogP contribution in [-0.2, 0) is 16.8 Å². The van der Waals surface area contributed by atoms with Crippen LogP contribution in [0.25, 0.3) is 5.32 Å². The molecule has 0 aliphatic carbocycles. The number of allylic oxidation sites excluding steroid dienone is 6. The Morgan fingerprint density at radius 3 is 1.39 bits per heavy atom. The maximum absolute atomic E-state index is 9.65. The third kappa shape index (κ3) is 31.9. The van der Waals surface area contributed by atoms with E-state index in [1.54, 1.807) is 31.0 Å². The Morgan fingerprint density at radius 2 is 1.32 bits per heavy atom. The maximum Gasteiger partial charge on any atom is 2.00 e. The molecule has 1 aliphatic rings. The fourth-order valence-electron chi connectivity index (χ4n) is 0.670. The first-order valence-electron chi connectivity index (χ1n) is 8.10. The summed E-state index contributed by atoms with van der Waals surface area (Å²) in [6, 6.07) is 0. The van der Waals surface area contributed by atoms with Gasteiger partial charge in [0.15, 0.2) is 0 Å². The average molecular weight is 459 g/mol. The van der Waals surface area contributed by atoms with Gasteiger partial charge in [-0.15, -0.1) is 30.5 Å². The zero-order valence-corrected chi connectivity index (χ0v) is 19.7. The van der Waals surface area contributed by atoms with Crippen LogP contribution >= 0.6 is 0 Å². The Bertz CT molecular complexity index is 496. The van der Waals surface area contributed by atoms with Gasteiger partial charge in [-0.1, -0.05) is 31.8 Å². The number of nitroso groups, excluding NO2 is 2. The van der Waals surface area contributed by atoms with E-state index in [-0.39, 0.29) is 28.2 Å². The van der Waals surface area contributed by atoms with Crippen molar-refractivity contribution >= 4 is 8.07 Å². The molecular weight excluding hydrogens is 425 g/mol. The smallest absolute Gasteiger partial charge is 0.687 e. The third-order valence-electron chi connectivity index (χ3n) is 2.34. The second kappa shape index (κ2) is 21.5. The summed E-state index contributed by atoms with van der Waals surface area (Å²) in [4.78, 5) is 19.3. The molecule has 0 fully saturated rings. The number of hydrogen-bond acceptors (Lipinski definition) is 8. The summed E-state index contributed by atoms with van der Waals surface area (Å²) in [6.45, 7) is 17.5. The van der Waals surface area contributed by atoms with Crippen molar-refractivity contribution in [3.63, 3.8) is 0 Å². The van der Waals surface area contributed by atoms with Gasteiger partial charge in [0.2, 0.25) is 0 Å². The zero-order chi connectivity index (χ0) is 21.9. The average Bonchev–Trinajstić information content (AvgIpc) is 2.66. The molecule has 1 aliphatic heterocycles. The van der Waals surface area contributed by atoms with Crippen molar-refractivity contribution in [3.05, 3.63) is 68.9 Å². The van der Waals surface area contributed by atoms with Gasteiger partial charge in [0, 0.05) is 0 Å². The van der Waals surface area contributed by atoms with Gasteiger partial charge < -0.3 is 11.9 Å². The van der Waals surface area contributed by atoms with E-state index in [1.807, 2.05) is 18.2 Å². The molecular formula is C17H33CoN5O4Si. The van der Waals surface area contributed by atoms with E-state index in [1.165, 1.54) is 13.8 Å². The fourth-order valence-corrected chi connectivity index (χ4v) is 0.670. The van der Waals surface area contributed by atoms with E-state index in [0.29, 0.717) is 11.4 Å². The minimum atomic E-state index is -0.861. The summed E-state index contributed by atoms with van der Waals surface area (Å²) in [7, 11) is -0.861. The van der Waals surface area contributed by atoms with Gasteiger partial charge in [-0.05, 0) is 38.0 Å². The number of nitrogens with zero attached hydrogens (tertiary/aromatic N) is 3. The largest absolute Gasteiger partial charge is 2.00 e. The standard InChI is InChI=1S/C5H6N.2C4H8N2O2.C4H11Si.Co/c1-2-4-6-5-3-1;2*1-3(5-7)4(2)6-8;1-5(2,3)4;/h1-4H,5H2;2*5,7H,1-2H3;1H2,2-4H3;/q-1;;;-1;+2. The van der Waals surface area contributed by atoms with Crippen LogP contribution in [0.5, 0.6) is 0 Å². The van der Waals surface area contributed by atoms with E-state index >= 15 is 0 Å². The summed E-state index contributed by atoms with van der Waals surface area (Å²) in [5.74, 6) is 0. The second-order valence-corrected chi connectivity index (χ2v) is 11.6. The molecule has 9 nitrogen and oxygen atoms in total. The van der Waals surface area contributed by atoms with E-state index in [9.17, 15) is 9.81 Å². The monoisotopic (exact) mass is 458 g/mol.